The number of aryl methyl sites for hydroxylation is 1. The van der Waals surface area contributed by atoms with Gasteiger partial charge in [-0.1, -0.05) is 19.1 Å². The van der Waals surface area contributed by atoms with Gasteiger partial charge >= 0.3 is 0 Å². The Bertz CT molecular complexity index is 616. The summed E-state index contributed by atoms with van der Waals surface area (Å²) in [6.45, 7) is 5.34. The second-order valence-corrected chi connectivity index (χ2v) is 7.78. The van der Waals surface area contributed by atoms with Gasteiger partial charge in [0.05, 0.1) is 17.1 Å². The van der Waals surface area contributed by atoms with Gasteiger partial charge in [0.2, 0.25) is 0 Å². The zero-order chi connectivity index (χ0) is 14.9. The molecule has 0 bridgehead atoms. The first-order valence-electron chi connectivity index (χ1n) is 7.90. The number of nitrogens with zero attached hydrogens (tertiary/aromatic N) is 2. The van der Waals surface area contributed by atoms with Gasteiger partial charge in [0, 0.05) is 17.7 Å². The Labute approximate surface area is 130 Å². The van der Waals surface area contributed by atoms with Gasteiger partial charge in [-0.25, -0.2) is 4.98 Å². The van der Waals surface area contributed by atoms with Gasteiger partial charge in [0.25, 0.3) is 0 Å². The Morgan fingerprint density at radius 1 is 1.43 bits per heavy atom. The average Bonchev–Trinajstić information content (AvgIpc) is 3.06. The van der Waals surface area contributed by atoms with Crippen LogP contribution in [0.2, 0.25) is 0 Å². The molecule has 2 heterocycles. The van der Waals surface area contributed by atoms with Crippen molar-refractivity contribution in [2.75, 3.05) is 5.75 Å². The van der Waals surface area contributed by atoms with Crippen molar-refractivity contribution >= 4 is 22.8 Å². The van der Waals surface area contributed by atoms with E-state index in [1.807, 2.05) is 17.8 Å². The van der Waals surface area contributed by atoms with E-state index in [1.54, 1.807) is 0 Å². The van der Waals surface area contributed by atoms with Crippen LogP contribution >= 0.6 is 11.8 Å². The number of imidazole rings is 1. The molecule has 1 aromatic heterocycles. The van der Waals surface area contributed by atoms with E-state index in [0.717, 1.165) is 30.7 Å². The Hall–Kier alpha value is -1.00. The summed E-state index contributed by atoms with van der Waals surface area (Å²) in [5.41, 5.74) is 2.23. The third kappa shape index (κ3) is 2.84. The monoisotopic (exact) mass is 304 g/mol. The van der Waals surface area contributed by atoms with Crippen molar-refractivity contribution < 1.29 is 5.11 Å². The molecule has 1 N–H and O–H groups in total. The van der Waals surface area contributed by atoms with Crippen LogP contribution in [-0.4, -0.2) is 31.3 Å². The molecule has 0 spiro atoms. The van der Waals surface area contributed by atoms with E-state index in [9.17, 15) is 5.11 Å². The summed E-state index contributed by atoms with van der Waals surface area (Å²) in [5.74, 6) is 2.19. The number of fused-ring (bicyclic) bond motifs is 1. The highest BCUT2D eigenvalue weighted by atomic mass is 32.2. The number of para-hydroxylation sites is 2. The molecule has 2 unspecified atom stereocenters. The zero-order valence-electron chi connectivity index (χ0n) is 12.9. The molecule has 0 aliphatic carbocycles. The molecule has 1 fully saturated rings. The topological polar surface area (TPSA) is 38.0 Å². The number of hydrogen-bond acceptors (Lipinski definition) is 3. The molecule has 114 valence electrons. The van der Waals surface area contributed by atoms with Crippen LogP contribution in [-0.2, 0) is 13.0 Å². The molecule has 2 atom stereocenters. The molecular weight excluding hydrogens is 280 g/mol. The van der Waals surface area contributed by atoms with Gasteiger partial charge in [-0.2, -0.15) is 11.8 Å². The van der Waals surface area contributed by atoms with E-state index in [0.29, 0.717) is 6.42 Å². The van der Waals surface area contributed by atoms with Gasteiger partial charge in [-0.05, 0) is 44.1 Å². The van der Waals surface area contributed by atoms with Crippen molar-refractivity contribution in [2.24, 2.45) is 0 Å². The van der Waals surface area contributed by atoms with Crippen LogP contribution in [0.3, 0.4) is 0 Å². The number of aliphatic hydroxyl groups is 1. The largest absolute Gasteiger partial charge is 0.391 e. The molecule has 3 nitrogen and oxygen atoms in total. The van der Waals surface area contributed by atoms with Crippen molar-refractivity contribution in [1.29, 1.82) is 0 Å². The third-order valence-corrected chi connectivity index (χ3v) is 6.14. The predicted molar refractivity (Wildman–Crippen MR) is 89.8 cm³/mol. The molecule has 21 heavy (non-hydrogen) atoms. The maximum atomic E-state index is 10.7. The molecule has 1 aromatic carbocycles. The number of hydrogen-bond donors (Lipinski definition) is 1. The molecule has 1 aliphatic rings. The Morgan fingerprint density at radius 3 is 2.95 bits per heavy atom. The first-order valence-corrected chi connectivity index (χ1v) is 8.89. The summed E-state index contributed by atoms with van der Waals surface area (Å²) in [6, 6.07) is 8.27. The highest BCUT2D eigenvalue weighted by Crippen LogP contribution is 2.41. The summed E-state index contributed by atoms with van der Waals surface area (Å²) < 4.78 is 2.27. The maximum absolute atomic E-state index is 10.7. The molecule has 0 amide bonds. The molecule has 3 rings (SSSR count). The van der Waals surface area contributed by atoms with Crippen molar-refractivity contribution in [3.63, 3.8) is 0 Å². The van der Waals surface area contributed by atoms with Crippen LogP contribution in [0, 0.1) is 0 Å². The summed E-state index contributed by atoms with van der Waals surface area (Å²) in [4.78, 5) is 4.77. The molecule has 4 heteroatoms. The molecule has 1 saturated heterocycles. The fourth-order valence-electron chi connectivity index (χ4n) is 3.21. The minimum absolute atomic E-state index is 0.00478. The van der Waals surface area contributed by atoms with E-state index in [-0.39, 0.29) is 10.9 Å². The molecule has 0 radical (unpaired) electrons. The first-order chi connectivity index (χ1) is 10.1. The van der Waals surface area contributed by atoms with E-state index in [4.69, 9.17) is 4.98 Å². The van der Waals surface area contributed by atoms with Crippen molar-refractivity contribution in [1.82, 2.24) is 9.55 Å². The SMILES string of the molecule is CCCn1c(CC(O)C2(C)CCCS2)nc2ccccc21. The lowest BCUT2D eigenvalue weighted by Crippen LogP contribution is -2.36. The van der Waals surface area contributed by atoms with Gasteiger partial charge in [0.1, 0.15) is 5.82 Å². The quantitative estimate of drug-likeness (QED) is 0.916. The average molecular weight is 304 g/mol. The fourth-order valence-corrected chi connectivity index (χ4v) is 4.53. The van der Waals surface area contributed by atoms with Gasteiger partial charge in [-0.15, -0.1) is 0 Å². The van der Waals surface area contributed by atoms with E-state index in [1.165, 1.54) is 17.7 Å². The lowest BCUT2D eigenvalue weighted by atomic mass is 9.96. The van der Waals surface area contributed by atoms with Gasteiger partial charge in [0.15, 0.2) is 0 Å². The molecule has 0 saturated carbocycles. The molecular formula is C17H24N2OS. The van der Waals surface area contributed by atoms with Crippen LogP contribution in [0.15, 0.2) is 24.3 Å². The van der Waals surface area contributed by atoms with Crippen LogP contribution in [0.4, 0.5) is 0 Å². The van der Waals surface area contributed by atoms with Crippen LogP contribution in [0.25, 0.3) is 11.0 Å². The predicted octanol–water partition coefficient (Wildman–Crippen LogP) is 3.64. The highest BCUT2D eigenvalue weighted by molar-refractivity contribution is 8.00. The standard InChI is InChI=1S/C17H24N2OS/c1-3-10-19-14-8-5-4-7-13(14)18-16(19)12-15(20)17(2)9-6-11-21-17/h4-5,7-8,15,20H,3,6,9-12H2,1-2H3. The molecule has 1 aliphatic heterocycles. The lowest BCUT2D eigenvalue weighted by molar-refractivity contribution is 0.130. The van der Waals surface area contributed by atoms with Gasteiger partial charge in [-0.3, -0.25) is 0 Å². The minimum atomic E-state index is -0.322. The van der Waals surface area contributed by atoms with Crippen LogP contribution in [0.1, 0.15) is 38.9 Å². The summed E-state index contributed by atoms with van der Waals surface area (Å²) >= 11 is 1.91. The van der Waals surface area contributed by atoms with E-state index < -0.39 is 0 Å². The second-order valence-electron chi connectivity index (χ2n) is 6.15. The first kappa shape index (κ1) is 14.9. The van der Waals surface area contributed by atoms with E-state index in [2.05, 4.69) is 36.6 Å². The fraction of sp³-hybridized carbons (Fsp3) is 0.588. The summed E-state index contributed by atoms with van der Waals surface area (Å²) in [6.07, 6.45) is 3.72. The summed E-state index contributed by atoms with van der Waals surface area (Å²) in [7, 11) is 0. The normalized spacial score (nSPS) is 23.8. The van der Waals surface area contributed by atoms with Crippen molar-refractivity contribution in [3.05, 3.63) is 30.1 Å². The minimum Gasteiger partial charge on any atom is -0.391 e. The number of aliphatic hydroxyl groups excluding tert-OH is 1. The van der Waals surface area contributed by atoms with Crippen LogP contribution < -0.4 is 0 Å². The third-order valence-electron chi connectivity index (χ3n) is 4.51. The maximum Gasteiger partial charge on any atom is 0.112 e. The number of benzene rings is 1. The van der Waals surface area contributed by atoms with Crippen molar-refractivity contribution in [3.8, 4) is 0 Å². The smallest absolute Gasteiger partial charge is 0.112 e. The highest BCUT2D eigenvalue weighted by Gasteiger charge is 2.37. The Morgan fingerprint density at radius 2 is 2.24 bits per heavy atom. The summed E-state index contributed by atoms with van der Waals surface area (Å²) in [5, 5.41) is 10.7. The number of thioether (sulfide) groups is 1. The Kier molecular flexibility index (Phi) is 4.27. The number of rotatable bonds is 5. The van der Waals surface area contributed by atoms with Crippen LogP contribution in [0.5, 0.6) is 0 Å². The second kappa shape index (κ2) is 6.01. The van der Waals surface area contributed by atoms with Gasteiger partial charge < -0.3 is 9.67 Å². The molecule has 2 aromatic rings. The van der Waals surface area contributed by atoms with Crippen molar-refractivity contribution in [2.45, 2.75) is 56.9 Å². The Balaban J connectivity index is 1.90. The zero-order valence-corrected chi connectivity index (χ0v) is 13.7. The number of aromatic nitrogens is 2. The van der Waals surface area contributed by atoms with E-state index >= 15 is 0 Å². The lowest BCUT2D eigenvalue weighted by Gasteiger charge is -2.29.